The summed E-state index contributed by atoms with van der Waals surface area (Å²) in [5.74, 6) is -1.52. The average Bonchev–Trinajstić information content (AvgIpc) is 2.66. The lowest BCUT2D eigenvalue weighted by Gasteiger charge is -2.25. The van der Waals surface area contributed by atoms with Crippen molar-refractivity contribution >= 4 is 36.0 Å². The van der Waals surface area contributed by atoms with Crippen molar-refractivity contribution < 1.29 is 29.0 Å². The van der Waals surface area contributed by atoms with E-state index < -0.39 is 35.9 Å². The van der Waals surface area contributed by atoms with E-state index >= 15 is 0 Å². The van der Waals surface area contributed by atoms with E-state index in [2.05, 4.69) is 16.0 Å². The van der Waals surface area contributed by atoms with Crippen molar-refractivity contribution in [3.8, 4) is 0 Å². The minimum atomic E-state index is -1.20. The van der Waals surface area contributed by atoms with Crippen molar-refractivity contribution in [3.63, 3.8) is 0 Å². The molecule has 0 fully saturated rings. The van der Waals surface area contributed by atoms with Gasteiger partial charge in [-0.15, -0.1) is 0 Å². The van der Waals surface area contributed by atoms with Crippen LogP contribution in [0.25, 0.3) is 0 Å². The standard InChI is InChI=1S/C19H35N3O6S/c1-5-6-8-28-11-16(19(26)27)22-18(25)15(10-13(2)3)21-17(24)14(20-12-23)7-9-29-4/h12-16H,5-11H2,1-4H3,(H,20,23)(H,21,24)(H,22,25)(H,26,27)/t14-,15-,16-/m0/s1. The summed E-state index contributed by atoms with van der Waals surface area (Å²) in [5, 5.41) is 16.9. The molecule has 0 bridgehead atoms. The third-order valence-electron chi connectivity index (χ3n) is 4.08. The van der Waals surface area contributed by atoms with Crippen LogP contribution in [0.15, 0.2) is 0 Å². The first-order valence-corrected chi connectivity index (χ1v) is 11.3. The zero-order valence-electron chi connectivity index (χ0n) is 17.7. The molecular formula is C19H35N3O6S. The molecule has 3 amide bonds. The summed E-state index contributed by atoms with van der Waals surface area (Å²) in [6, 6.07) is -2.87. The molecule has 10 heteroatoms. The molecule has 0 saturated heterocycles. The van der Waals surface area contributed by atoms with Gasteiger partial charge in [0.15, 0.2) is 6.04 Å². The highest BCUT2D eigenvalue weighted by Crippen LogP contribution is 2.08. The predicted octanol–water partition coefficient (Wildman–Crippen LogP) is 0.771. The molecule has 29 heavy (non-hydrogen) atoms. The van der Waals surface area contributed by atoms with Crippen molar-refractivity contribution in [1.82, 2.24) is 16.0 Å². The van der Waals surface area contributed by atoms with Crippen LogP contribution < -0.4 is 16.0 Å². The number of rotatable bonds is 17. The van der Waals surface area contributed by atoms with Crippen LogP contribution in [-0.2, 0) is 23.9 Å². The summed E-state index contributed by atoms with van der Waals surface area (Å²) in [4.78, 5) is 47.4. The molecule has 0 saturated carbocycles. The Morgan fingerprint density at radius 1 is 1.10 bits per heavy atom. The van der Waals surface area contributed by atoms with Crippen LogP contribution in [0.2, 0.25) is 0 Å². The predicted molar refractivity (Wildman–Crippen MR) is 113 cm³/mol. The molecule has 4 N–H and O–H groups in total. The number of carboxylic acids is 1. The number of thioether (sulfide) groups is 1. The Labute approximate surface area is 177 Å². The summed E-state index contributed by atoms with van der Waals surface area (Å²) in [6.07, 6.45) is 4.81. The molecule has 3 atom stereocenters. The van der Waals surface area contributed by atoms with Crippen LogP contribution in [0.4, 0.5) is 0 Å². The van der Waals surface area contributed by atoms with Gasteiger partial charge in [-0.1, -0.05) is 27.2 Å². The van der Waals surface area contributed by atoms with E-state index in [0.717, 1.165) is 12.8 Å². The molecule has 0 aromatic rings. The second-order valence-electron chi connectivity index (χ2n) is 7.14. The number of hydrogen-bond donors (Lipinski definition) is 4. The van der Waals surface area contributed by atoms with Crippen molar-refractivity contribution in [2.75, 3.05) is 25.2 Å². The fourth-order valence-electron chi connectivity index (χ4n) is 2.48. The quantitative estimate of drug-likeness (QED) is 0.197. The van der Waals surface area contributed by atoms with Gasteiger partial charge in [0.2, 0.25) is 18.2 Å². The summed E-state index contributed by atoms with van der Waals surface area (Å²) < 4.78 is 5.32. The van der Waals surface area contributed by atoms with Gasteiger partial charge < -0.3 is 25.8 Å². The van der Waals surface area contributed by atoms with Gasteiger partial charge in [0.1, 0.15) is 12.1 Å². The number of nitrogens with one attached hydrogen (secondary N) is 3. The lowest BCUT2D eigenvalue weighted by Crippen LogP contribution is -2.56. The van der Waals surface area contributed by atoms with Crippen LogP contribution in [0.3, 0.4) is 0 Å². The summed E-state index contributed by atoms with van der Waals surface area (Å²) in [6.45, 7) is 6.04. The minimum Gasteiger partial charge on any atom is -0.480 e. The number of carboxylic acid groups (broad SMARTS) is 1. The highest BCUT2D eigenvalue weighted by Gasteiger charge is 2.29. The third-order valence-corrected chi connectivity index (χ3v) is 4.72. The van der Waals surface area contributed by atoms with Gasteiger partial charge in [-0.2, -0.15) is 11.8 Å². The first-order chi connectivity index (χ1) is 13.8. The SMILES string of the molecule is CCCCOC[C@H](NC(=O)[C@H](CC(C)C)NC(=O)[C@H](CCSC)NC=O)C(=O)O. The van der Waals surface area contributed by atoms with Crippen LogP contribution in [0.5, 0.6) is 0 Å². The molecule has 0 aliphatic heterocycles. The fraction of sp³-hybridized carbons (Fsp3) is 0.789. The maximum Gasteiger partial charge on any atom is 0.328 e. The van der Waals surface area contributed by atoms with E-state index in [1.807, 2.05) is 27.0 Å². The van der Waals surface area contributed by atoms with Crippen molar-refractivity contribution in [2.24, 2.45) is 5.92 Å². The van der Waals surface area contributed by atoms with Crippen LogP contribution in [-0.4, -0.2) is 72.6 Å². The van der Waals surface area contributed by atoms with Crippen LogP contribution in [0.1, 0.15) is 46.5 Å². The number of amides is 3. The van der Waals surface area contributed by atoms with Gasteiger partial charge in [-0.05, 0) is 37.2 Å². The topological polar surface area (TPSA) is 134 Å². The van der Waals surface area contributed by atoms with Gasteiger partial charge in [0.05, 0.1) is 6.61 Å². The molecular weight excluding hydrogens is 398 g/mol. The number of unbranched alkanes of at least 4 members (excludes halogenated alkanes) is 1. The molecule has 0 aromatic carbocycles. The maximum atomic E-state index is 12.7. The first-order valence-electron chi connectivity index (χ1n) is 9.86. The molecule has 0 rings (SSSR count). The number of hydrogen-bond acceptors (Lipinski definition) is 6. The molecule has 0 heterocycles. The highest BCUT2D eigenvalue weighted by atomic mass is 32.2. The van der Waals surface area contributed by atoms with Crippen molar-refractivity contribution in [1.29, 1.82) is 0 Å². The molecule has 9 nitrogen and oxygen atoms in total. The van der Waals surface area contributed by atoms with Crippen molar-refractivity contribution in [3.05, 3.63) is 0 Å². The van der Waals surface area contributed by atoms with E-state index in [1.54, 1.807) is 0 Å². The fourth-order valence-corrected chi connectivity index (χ4v) is 2.95. The number of aliphatic carboxylic acids is 1. The second kappa shape index (κ2) is 16.0. The molecule has 0 unspecified atom stereocenters. The Bertz CT molecular complexity index is 518. The summed E-state index contributed by atoms with van der Waals surface area (Å²) in [5.41, 5.74) is 0. The van der Waals surface area contributed by atoms with Gasteiger partial charge in [0, 0.05) is 6.61 Å². The molecule has 0 aliphatic carbocycles. The zero-order chi connectivity index (χ0) is 22.2. The van der Waals surface area contributed by atoms with E-state index in [9.17, 15) is 24.3 Å². The van der Waals surface area contributed by atoms with E-state index in [4.69, 9.17) is 4.74 Å². The lowest BCUT2D eigenvalue weighted by molar-refractivity contribution is -0.144. The smallest absolute Gasteiger partial charge is 0.328 e. The van der Waals surface area contributed by atoms with Gasteiger partial charge in [0.25, 0.3) is 0 Å². The van der Waals surface area contributed by atoms with Crippen LogP contribution >= 0.6 is 11.8 Å². The Morgan fingerprint density at radius 2 is 1.72 bits per heavy atom. The number of carbonyl (C=O) groups is 4. The van der Waals surface area contributed by atoms with E-state index in [1.165, 1.54) is 11.8 Å². The number of ether oxygens (including phenoxy) is 1. The Hall–Kier alpha value is -1.81. The monoisotopic (exact) mass is 433 g/mol. The molecule has 0 spiro atoms. The third kappa shape index (κ3) is 12.4. The van der Waals surface area contributed by atoms with E-state index in [0.29, 0.717) is 31.6 Å². The highest BCUT2D eigenvalue weighted by molar-refractivity contribution is 7.98. The average molecular weight is 434 g/mol. The first kappa shape index (κ1) is 27.2. The second-order valence-corrected chi connectivity index (χ2v) is 8.12. The minimum absolute atomic E-state index is 0.0822. The van der Waals surface area contributed by atoms with E-state index in [-0.39, 0.29) is 12.5 Å². The molecule has 0 radical (unpaired) electrons. The number of carbonyl (C=O) groups excluding carboxylic acids is 3. The maximum absolute atomic E-state index is 12.7. The Morgan fingerprint density at radius 3 is 2.24 bits per heavy atom. The lowest BCUT2D eigenvalue weighted by atomic mass is 10.0. The Kier molecular flexibility index (Phi) is 15.0. The zero-order valence-corrected chi connectivity index (χ0v) is 18.5. The molecule has 0 aliphatic rings. The van der Waals surface area contributed by atoms with Gasteiger partial charge >= 0.3 is 5.97 Å². The summed E-state index contributed by atoms with van der Waals surface area (Å²) >= 11 is 1.54. The largest absolute Gasteiger partial charge is 0.480 e. The molecule has 168 valence electrons. The van der Waals surface area contributed by atoms with Gasteiger partial charge in [-0.3, -0.25) is 14.4 Å². The van der Waals surface area contributed by atoms with Crippen molar-refractivity contribution in [2.45, 2.75) is 64.6 Å². The van der Waals surface area contributed by atoms with Gasteiger partial charge in [-0.25, -0.2) is 4.79 Å². The molecule has 0 aromatic heterocycles. The van der Waals surface area contributed by atoms with Crippen LogP contribution in [0, 0.1) is 5.92 Å². The normalized spacial score (nSPS) is 14.0. The Balaban J connectivity index is 5.06. The summed E-state index contributed by atoms with van der Waals surface area (Å²) in [7, 11) is 0.